The third-order valence-electron chi connectivity index (χ3n) is 4.26. The van der Waals surface area contributed by atoms with E-state index in [2.05, 4.69) is 0 Å². The third-order valence-corrected chi connectivity index (χ3v) is 5.56. The molecule has 6 nitrogen and oxygen atoms in total. The van der Waals surface area contributed by atoms with Gasteiger partial charge < -0.3 is 15.2 Å². The molecule has 150 valence electrons. The first kappa shape index (κ1) is 20.9. The van der Waals surface area contributed by atoms with Crippen LogP contribution in [0.3, 0.4) is 0 Å². The first-order chi connectivity index (χ1) is 13.9. The van der Waals surface area contributed by atoms with Gasteiger partial charge in [0.05, 0.1) is 17.7 Å². The fourth-order valence-electron chi connectivity index (χ4n) is 2.90. The summed E-state index contributed by atoms with van der Waals surface area (Å²) in [6.07, 6.45) is 2.56. The van der Waals surface area contributed by atoms with E-state index in [4.69, 9.17) is 27.4 Å². The normalized spacial score (nSPS) is 15.1. The maximum Gasteiger partial charge on any atom is 0.270 e. The minimum atomic E-state index is -0.577. The van der Waals surface area contributed by atoms with Gasteiger partial charge in [0.15, 0.2) is 22.4 Å². The highest BCUT2D eigenvalue weighted by molar-refractivity contribution is 8.27. The third kappa shape index (κ3) is 4.60. The number of hydrogen-bond acceptors (Lipinski definition) is 6. The zero-order chi connectivity index (χ0) is 21.0. The summed E-state index contributed by atoms with van der Waals surface area (Å²) in [6.45, 7) is 1.80. The van der Waals surface area contributed by atoms with E-state index < -0.39 is 5.91 Å². The summed E-state index contributed by atoms with van der Waals surface area (Å²) < 4.78 is 11.1. The van der Waals surface area contributed by atoms with Crippen LogP contribution in [0.5, 0.6) is 11.5 Å². The standard InChI is InChI=1S/C21H20N2O4S2/c1-3-14-6-4-5-7-15(14)23-20(25)18(29-21(23)28)11-13-8-9-16(17(10-13)26-2)27-12-19(22)24/h4-11H,3,12H2,1-2H3,(H2,22,24). The first-order valence-electron chi connectivity index (χ1n) is 8.89. The van der Waals surface area contributed by atoms with E-state index in [1.165, 1.54) is 18.9 Å². The molecule has 1 fully saturated rings. The highest BCUT2D eigenvalue weighted by atomic mass is 32.2. The number of aryl methyl sites for hydroxylation is 1. The van der Waals surface area contributed by atoms with Crippen molar-refractivity contribution in [3.63, 3.8) is 0 Å². The van der Waals surface area contributed by atoms with Crippen LogP contribution in [0.25, 0.3) is 6.08 Å². The van der Waals surface area contributed by atoms with Crippen molar-refractivity contribution in [3.05, 3.63) is 58.5 Å². The Morgan fingerprint density at radius 1 is 1.24 bits per heavy atom. The van der Waals surface area contributed by atoms with Gasteiger partial charge >= 0.3 is 0 Å². The molecular formula is C21H20N2O4S2. The molecule has 0 unspecified atom stereocenters. The number of nitrogens with zero attached hydrogens (tertiary/aromatic N) is 1. The van der Waals surface area contributed by atoms with E-state index in [1.807, 2.05) is 31.2 Å². The average Bonchev–Trinajstić information content (AvgIpc) is 2.99. The van der Waals surface area contributed by atoms with Gasteiger partial charge in [-0.15, -0.1) is 0 Å². The van der Waals surface area contributed by atoms with Crippen LogP contribution < -0.4 is 20.1 Å². The molecule has 2 aromatic carbocycles. The molecule has 1 heterocycles. The molecule has 1 aliphatic rings. The number of rotatable bonds is 7. The molecule has 0 aromatic heterocycles. The maximum atomic E-state index is 13.0. The minimum Gasteiger partial charge on any atom is -0.493 e. The quantitative estimate of drug-likeness (QED) is 0.537. The summed E-state index contributed by atoms with van der Waals surface area (Å²) in [7, 11) is 1.50. The lowest BCUT2D eigenvalue weighted by molar-refractivity contribution is -0.120. The highest BCUT2D eigenvalue weighted by Crippen LogP contribution is 2.38. The van der Waals surface area contributed by atoms with Crippen LogP contribution in [0.15, 0.2) is 47.4 Å². The predicted octanol–water partition coefficient (Wildman–Crippen LogP) is 3.53. The van der Waals surface area contributed by atoms with Crippen molar-refractivity contribution in [1.82, 2.24) is 0 Å². The Morgan fingerprint density at radius 2 is 2.00 bits per heavy atom. The molecule has 0 saturated carbocycles. The number of amides is 2. The second-order valence-electron chi connectivity index (χ2n) is 6.16. The first-order valence-corrected chi connectivity index (χ1v) is 10.1. The number of ether oxygens (including phenoxy) is 2. The predicted molar refractivity (Wildman–Crippen MR) is 119 cm³/mol. The average molecular weight is 429 g/mol. The van der Waals surface area contributed by atoms with Gasteiger partial charge in [-0.1, -0.05) is 55.2 Å². The Balaban J connectivity index is 1.88. The molecule has 2 N–H and O–H groups in total. The van der Waals surface area contributed by atoms with Gasteiger partial charge in [-0.05, 0) is 41.8 Å². The van der Waals surface area contributed by atoms with E-state index in [0.717, 1.165) is 23.2 Å². The van der Waals surface area contributed by atoms with E-state index >= 15 is 0 Å². The number of anilines is 1. The summed E-state index contributed by atoms with van der Waals surface area (Å²) in [5, 5.41) is 0. The van der Waals surface area contributed by atoms with Crippen LogP contribution in [0.4, 0.5) is 5.69 Å². The largest absolute Gasteiger partial charge is 0.493 e. The van der Waals surface area contributed by atoms with Crippen LogP contribution in [0.1, 0.15) is 18.1 Å². The molecule has 29 heavy (non-hydrogen) atoms. The number of carbonyl (C=O) groups is 2. The number of hydrogen-bond donors (Lipinski definition) is 1. The smallest absolute Gasteiger partial charge is 0.270 e. The Morgan fingerprint density at radius 3 is 2.69 bits per heavy atom. The molecule has 0 bridgehead atoms. The van der Waals surface area contributed by atoms with E-state index in [1.54, 1.807) is 29.2 Å². The molecule has 3 rings (SSSR count). The zero-order valence-electron chi connectivity index (χ0n) is 16.0. The number of nitrogens with two attached hydrogens (primary N) is 1. The maximum absolute atomic E-state index is 13.0. The number of methoxy groups -OCH3 is 1. The molecule has 0 spiro atoms. The van der Waals surface area contributed by atoms with Crippen molar-refractivity contribution in [2.45, 2.75) is 13.3 Å². The van der Waals surface area contributed by atoms with Gasteiger partial charge in [-0.25, -0.2) is 0 Å². The van der Waals surface area contributed by atoms with Gasteiger partial charge in [-0.3, -0.25) is 14.5 Å². The van der Waals surface area contributed by atoms with E-state index in [9.17, 15) is 9.59 Å². The molecule has 1 saturated heterocycles. The van der Waals surface area contributed by atoms with Crippen molar-refractivity contribution < 1.29 is 19.1 Å². The molecule has 1 aliphatic heterocycles. The summed E-state index contributed by atoms with van der Waals surface area (Å²) in [5.74, 6) is 0.0979. The summed E-state index contributed by atoms with van der Waals surface area (Å²) in [4.78, 5) is 26.0. The Kier molecular flexibility index (Phi) is 6.56. The summed E-state index contributed by atoms with van der Waals surface area (Å²) in [5.41, 5.74) is 7.73. The molecule has 2 amide bonds. The Hall–Kier alpha value is -2.84. The van der Waals surface area contributed by atoms with Gasteiger partial charge in [0.1, 0.15) is 0 Å². The zero-order valence-corrected chi connectivity index (χ0v) is 17.6. The Bertz CT molecular complexity index is 1000. The minimum absolute atomic E-state index is 0.158. The fourth-order valence-corrected chi connectivity index (χ4v) is 4.18. The highest BCUT2D eigenvalue weighted by Gasteiger charge is 2.34. The second-order valence-corrected chi connectivity index (χ2v) is 7.84. The molecule has 0 atom stereocenters. The number of para-hydroxylation sites is 1. The number of thiocarbonyl (C=S) groups is 1. The van der Waals surface area contributed by atoms with Crippen molar-refractivity contribution in [2.75, 3.05) is 18.6 Å². The number of thioether (sulfide) groups is 1. The summed E-state index contributed by atoms with van der Waals surface area (Å²) in [6, 6.07) is 12.9. The van der Waals surface area contributed by atoms with Crippen LogP contribution in [0.2, 0.25) is 0 Å². The van der Waals surface area contributed by atoms with E-state index in [0.29, 0.717) is 20.7 Å². The van der Waals surface area contributed by atoms with E-state index in [-0.39, 0.29) is 12.5 Å². The van der Waals surface area contributed by atoms with Crippen molar-refractivity contribution in [2.24, 2.45) is 5.73 Å². The van der Waals surface area contributed by atoms with Crippen LogP contribution in [0, 0.1) is 0 Å². The second kappa shape index (κ2) is 9.11. The van der Waals surface area contributed by atoms with Crippen LogP contribution in [-0.4, -0.2) is 29.9 Å². The van der Waals surface area contributed by atoms with Gasteiger partial charge in [0, 0.05) is 0 Å². The molecule has 8 heteroatoms. The SMILES string of the molecule is CCc1ccccc1N1C(=O)C(=Cc2ccc(OCC(N)=O)c(OC)c2)SC1=S. The lowest BCUT2D eigenvalue weighted by Gasteiger charge is -2.18. The number of primary amides is 1. The molecule has 0 radical (unpaired) electrons. The topological polar surface area (TPSA) is 81.9 Å². The van der Waals surface area contributed by atoms with Crippen LogP contribution in [-0.2, 0) is 16.0 Å². The number of benzene rings is 2. The van der Waals surface area contributed by atoms with Gasteiger partial charge in [-0.2, -0.15) is 0 Å². The van der Waals surface area contributed by atoms with Crippen molar-refractivity contribution >= 4 is 51.9 Å². The molecule has 0 aliphatic carbocycles. The van der Waals surface area contributed by atoms with Gasteiger partial charge in [0.2, 0.25) is 0 Å². The van der Waals surface area contributed by atoms with Crippen molar-refractivity contribution in [1.29, 1.82) is 0 Å². The van der Waals surface area contributed by atoms with Crippen molar-refractivity contribution in [3.8, 4) is 11.5 Å². The lowest BCUT2D eigenvalue weighted by Crippen LogP contribution is -2.28. The lowest BCUT2D eigenvalue weighted by atomic mass is 10.1. The summed E-state index contributed by atoms with van der Waals surface area (Å²) >= 11 is 6.73. The van der Waals surface area contributed by atoms with Gasteiger partial charge in [0.25, 0.3) is 11.8 Å². The molecular weight excluding hydrogens is 408 g/mol. The molecule has 2 aromatic rings. The Labute approximate surface area is 178 Å². The monoisotopic (exact) mass is 428 g/mol. The fraction of sp³-hybridized carbons (Fsp3) is 0.190. The van der Waals surface area contributed by atoms with Crippen LogP contribution >= 0.6 is 24.0 Å². The number of carbonyl (C=O) groups excluding carboxylic acids is 2.